The van der Waals surface area contributed by atoms with Crippen molar-refractivity contribution in [2.75, 3.05) is 13.0 Å². The number of pyridine rings is 1. The molecule has 0 amide bonds. The van der Waals surface area contributed by atoms with E-state index in [4.69, 9.17) is 30.4 Å². The monoisotopic (exact) mass is 574 g/mol. The van der Waals surface area contributed by atoms with Crippen LogP contribution in [0.4, 0.5) is 4.39 Å². The summed E-state index contributed by atoms with van der Waals surface area (Å²) < 4.78 is 32.8. The van der Waals surface area contributed by atoms with E-state index in [0.29, 0.717) is 30.0 Å². The molecule has 208 valence electrons. The average molecular weight is 575 g/mol. The highest BCUT2D eigenvalue weighted by Gasteiger charge is 2.49. The Kier molecular flexibility index (Phi) is 8.75. The highest BCUT2D eigenvalue weighted by molar-refractivity contribution is 7.60. The van der Waals surface area contributed by atoms with Crippen molar-refractivity contribution >= 4 is 19.5 Å². The van der Waals surface area contributed by atoms with Gasteiger partial charge in [0.05, 0.1) is 5.69 Å². The van der Waals surface area contributed by atoms with Gasteiger partial charge in [0.2, 0.25) is 0 Å². The second-order valence-corrected chi connectivity index (χ2v) is 12.9. The molecule has 0 bridgehead atoms. The van der Waals surface area contributed by atoms with Gasteiger partial charge in [-0.25, -0.2) is 4.39 Å². The predicted octanol–water partition coefficient (Wildman–Crippen LogP) is 8.10. The Hall–Kier alpha value is -2.28. The van der Waals surface area contributed by atoms with Crippen LogP contribution < -0.4 is 4.74 Å². The largest absolute Gasteiger partial charge is 0.506 e. The maximum Gasteiger partial charge on any atom is 0.449 e. The molecular formula is C30H35ClFNO5P+. The van der Waals surface area contributed by atoms with Crippen molar-refractivity contribution in [1.29, 1.82) is 0 Å². The van der Waals surface area contributed by atoms with E-state index in [0.717, 1.165) is 53.8 Å². The van der Waals surface area contributed by atoms with Crippen molar-refractivity contribution < 1.29 is 28.2 Å². The number of aryl methyl sites for hydroxylation is 1. The Morgan fingerprint density at radius 2 is 1.90 bits per heavy atom. The van der Waals surface area contributed by atoms with E-state index < -0.39 is 13.8 Å². The Bertz CT molecular complexity index is 1330. The van der Waals surface area contributed by atoms with Crippen molar-refractivity contribution in [3.63, 3.8) is 0 Å². The highest BCUT2D eigenvalue weighted by Crippen LogP contribution is 2.63. The van der Waals surface area contributed by atoms with Crippen LogP contribution in [0.25, 0.3) is 0 Å². The van der Waals surface area contributed by atoms with Crippen LogP contribution in [-0.4, -0.2) is 27.9 Å². The van der Waals surface area contributed by atoms with Gasteiger partial charge in [0.15, 0.2) is 11.6 Å². The fraction of sp³-hybridized carbons (Fsp3) is 0.433. The SMILES string of the molecule is Cc1cc(OC[P+]2(O)OCCC(c3cccc(Cl)c3)O2)c(F)c(C)c1Cc1ccc(O)c(C2CCCCC2)n1. The van der Waals surface area contributed by atoms with Crippen molar-refractivity contribution in [3.05, 3.63) is 86.9 Å². The molecule has 1 saturated heterocycles. The van der Waals surface area contributed by atoms with Crippen LogP contribution in [0, 0.1) is 19.7 Å². The maximum atomic E-state index is 15.5. The molecule has 9 heteroatoms. The molecule has 1 aliphatic heterocycles. The number of aromatic nitrogens is 1. The van der Waals surface area contributed by atoms with Crippen molar-refractivity contribution in [2.45, 2.75) is 70.8 Å². The number of halogens is 2. The van der Waals surface area contributed by atoms with Gasteiger partial charge in [-0.05, 0) is 79.3 Å². The lowest BCUT2D eigenvalue weighted by Gasteiger charge is -2.27. The third-order valence-corrected chi connectivity index (χ3v) is 9.56. The summed E-state index contributed by atoms with van der Waals surface area (Å²) in [6.07, 6.45) is 5.93. The summed E-state index contributed by atoms with van der Waals surface area (Å²) in [5.41, 5.74) is 4.54. The normalized spacial score (nSPS) is 22.1. The number of benzene rings is 2. The molecule has 2 fully saturated rings. The topological polar surface area (TPSA) is 81.0 Å². The fourth-order valence-corrected chi connectivity index (χ4v) is 7.25. The van der Waals surface area contributed by atoms with Gasteiger partial charge in [-0.2, -0.15) is 13.9 Å². The number of hydrogen-bond acceptors (Lipinski definition) is 6. The zero-order valence-electron chi connectivity index (χ0n) is 22.3. The molecule has 5 rings (SSSR count). The molecule has 6 nitrogen and oxygen atoms in total. The van der Waals surface area contributed by atoms with Crippen LogP contribution in [0.3, 0.4) is 0 Å². The first-order chi connectivity index (χ1) is 18.7. The highest BCUT2D eigenvalue weighted by atomic mass is 35.5. The first kappa shape index (κ1) is 28.3. The lowest BCUT2D eigenvalue weighted by molar-refractivity contribution is 0.0515. The van der Waals surface area contributed by atoms with Gasteiger partial charge in [0.1, 0.15) is 18.5 Å². The van der Waals surface area contributed by atoms with Gasteiger partial charge in [-0.15, -0.1) is 0 Å². The third-order valence-electron chi connectivity index (χ3n) is 7.70. The molecular weight excluding hydrogens is 540 g/mol. The summed E-state index contributed by atoms with van der Waals surface area (Å²) in [4.78, 5) is 15.8. The van der Waals surface area contributed by atoms with Crippen LogP contribution in [0.5, 0.6) is 11.5 Å². The van der Waals surface area contributed by atoms with Crippen molar-refractivity contribution in [1.82, 2.24) is 4.98 Å². The van der Waals surface area contributed by atoms with Gasteiger partial charge in [-0.3, -0.25) is 4.98 Å². The van der Waals surface area contributed by atoms with Gasteiger partial charge in [0, 0.05) is 29.5 Å². The molecule has 0 spiro atoms. The van der Waals surface area contributed by atoms with E-state index in [9.17, 15) is 10.00 Å². The van der Waals surface area contributed by atoms with Crippen LogP contribution in [0.1, 0.15) is 84.2 Å². The number of aromatic hydroxyl groups is 1. The summed E-state index contributed by atoms with van der Waals surface area (Å²) >= 11 is 6.12. The maximum absolute atomic E-state index is 15.5. The quantitative estimate of drug-likeness (QED) is 0.277. The number of ether oxygens (including phenoxy) is 1. The standard InChI is InChI=1S/C30H34ClFNO5P/c1-19-15-28(36-18-39(35)37-14-13-27(38-39)22-9-6-10-23(31)16-22)29(32)20(2)25(19)17-24-11-12-26(34)30(33-24)21-7-4-3-5-8-21/h6,9-12,15-16,21,27,35H,3-5,7-8,13-14,17-18H2,1-2H3/p+1. The Labute approximate surface area is 234 Å². The van der Waals surface area contributed by atoms with Crippen LogP contribution in [-0.2, 0) is 15.5 Å². The molecule has 2 aliphatic rings. The molecule has 0 radical (unpaired) electrons. The Balaban J connectivity index is 1.30. The summed E-state index contributed by atoms with van der Waals surface area (Å²) in [7, 11) is -3.37. The van der Waals surface area contributed by atoms with E-state index in [1.807, 2.05) is 19.1 Å². The first-order valence-electron chi connectivity index (χ1n) is 13.5. The van der Waals surface area contributed by atoms with E-state index in [2.05, 4.69) is 0 Å². The molecule has 2 atom stereocenters. The molecule has 2 unspecified atom stereocenters. The molecule has 2 N–H and O–H groups in total. The van der Waals surface area contributed by atoms with Crippen molar-refractivity contribution in [3.8, 4) is 11.5 Å². The molecule has 3 aromatic rings. The molecule has 1 saturated carbocycles. The van der Waals surface area contributed by atoms with Crippen LogP contribution in [0.15, 0.2) is 42.5 Å². The minimum absolute atomic E-state index is 0.0424. The number of hydrogen-bond donors (Lipinski definition) is 2. The average Bonchev–Trinajstić information content (AvgIpc) is 2.94. The second-order valence-electron chi connectivity index (χ2n) is 10.5. The Morgan fingerprint density at radius 3 is 2.67 bits per heavy atom. The zero-order valence-corrected chi connectivity index (χ0v) is 24.0. The Morgan fingerprint density at radius 1 is 1.10 bits per heavy atom. The lowest BCUT2D eigenvalue weighted by Crippen LogP contribution is -2.21. The lowest BCUT2D eigenvalue weighted by atomic mass is 9.86. The van der Waals surface area contributed by atoms with Crippen LogP contribution >= 0.6 is 19.5 Å². The third kappa shape index (κ3) is 6.55. The minimum Gasteiger partial charge on any atom is -0.506 e. The first-order valence-corrected chi connectivity index (χ1v) is 15.7. The summed E-state index contributed by atoms with van der Waals surface area (Å²) in [6, 6.07) is 12.4. The minimum atomic E-state index is -3.37. The van der Waals surface area contributed by atoms with Gasteiger partial charge in [0.25, 0.3) is 6.35 Å². The van der Waals surface area contributed by atoms with Crippen LogP contribution in [0.2, 0.25) is 5.02 Å². The van der Waals surface area contributed by atoms with E-state index in [1.54, 1.807) is 37.3 Å². The predicted molar refractivity (Wildman–Crippen MR) is 151 cm³/mol. The molecule has 2 heterocycles. The van der Waals surface area contributed by atoms with E-state index in [1.165, 1.54) is 6.42 Å². The second kappa shape index (κ2) is 12.1. The van der Waals surface area contributed by atoms with E-state index in [-0.39, 0.29) is 29.9 Å². The number of nitrogens with zero attached hydrogens (tertiary/aromatic N) is 1. The summed E-state index contributed by atoms with van der Waals surface area (Å²) in [5, 5.41) is 11.0. The van der Waals surface area contributed by atoms with Crippen molar-refractivity contribution in [2.24, 2.45) is 0 Å². The van der Waals surface area contributed by atoms with E-state index >= 15 is 4.39 Å². The summed E-state index contributed by atoms with van der Waals surface area (Å²) in [5.74, 6) is 0.0583. The molecule has 39 heavy (non-hydrogen) atoms. The van der Waals surface area contributed by atoms with Gasteiger partial charge in [-0.1, -0.05) is 43.0 Å². The molecule has 1 aromatic heterocycles. The van der Waals surface area contributed by atoms with Gasteiger partial charge >= 0.3 is 7.94 Å². The smallest absolute Gasteiger partial charge is 0.449 e. The fourth-order valence-electron chi connectivity index (χ4n) is 5.54. The zero-order chi connectivity index (χ0) is 27.6. The summed E-state index contributed by atoms with van der Waals surface area (Å²) in [6.45, 7) is 3.93. The molecule has 2 aromatic carbocycles. The van der Waals surface area contributed by atoms with Gasteiger partial charge < -0.3 is 9.84 Å². The molecule has 1 aliphatic carbocycles. The number of rotatable bonds is 7.